The zero-order chi connectivity index (χ0) is 19.1. The number of piperidine rings is 1. The molecule has 1 fully saturated rings. The Morgan fingerprint density at radius 1 is 1.18 bits per heavy atom. The van der Waals surface area contributed by atoms with E-state index in [-0.39, 0.29) is 24.0 Å². The molecule has 0 aliphatic carbocycles. The van der Waals surface area contributed by atoms with Crippen LogP contribution in [-0.4, -0.2) is 64.4 Å². The van der Waals surface area contributed by atoms with Crippen LogP contribution in [0.15, 0.2) is 4.99 Å². The van der Waals surface area contributed by atoms with Crippen molar-refractivity contribution in [3.63, 3.8) is 0 Å². The number of nitrogens with one attached hydrogen (secondary N) is 2. The number of aromatic nitrogens is 3. The Morgan fingerprint density at radius 2 is 1.96 bits per heavy atom. The number of guanidine groups is 1. The molecule has 0 amide bonds. The van der Waals surface area contributed by atoms with Gasteiger partial charge in [0.1, 0.15) is 5.82 Å². The molecule has 3 rings (SSSR count). The van der Waals surface area contributed by atoms with Gasteiger partial charge in [0.15, 0.2) is 11.8 Å². The SMILES string of the molecule is CCNC(=NCCC1CCN(CC)CC1)NC1CCc2nc(CC)nn2C1.I. The standard InChI is InChI=1S/C20H37N7.HI/c1-4-18-24-19-8-7-17(15-27(19)25-18)23-20(21-5-2)22-12-9-16-10-13-26(6-3)14-11-16;/h16-17H,4-15H2,1-3H3,(H2,21,22,23);1H. The highest BCUT2D eigenvalue weighted by molar-refractivity contribution is 14.0. The van der Waals surface area contributed by atoms with E-state index in [1.54, 1.807) is 0 Å². The molecule has 8 heteroatoms. The van der Waals surface area contributed by atoms with Gasteiger partial charge in [-0.1, -0.05) is 13.8 Å². The van der Waals surface area contributed by atoms with Crippen LogP contribution in [0.3, 0.4) is 0 Å². The molecule has 2 aliphatic rings. The van der Waals surface area contributed by atoms with Gasteiger partial charge in [0.25, 0.3) is 0 Å². The minimum absolute atomic E-state index is 0. The number of rotatable bonds is 7. The van der Waals surface area contributed by atoms with E-state index in [4.69, 9.17) is 4.99 Å². The summed E-state index contributed by atoms with van der Waals surface area (Å²) in [7, 11) is 0. The van der Waals surface area contributed by atoms with Gasteiger partial charge in [-0.25, -0.2) is 9.67 Å². The lowest BCUT2D eigenvalue weighted by atomic mass is 9.94. The normalized spacial score (nSPS) is 21.1. The molecule has 1 saturated heterocycles. The molecule has 2 aliphatic heterocycles. The van der Waals surface area contributed by atoms with Crippen molar-refractivity contribution in [3.05, 3.63) is 11.6 Å². The van der Waals surface area contributed by atoms with Crippen molar-refractivity contribution < 1.29 is 0 Å². The first-order valence-corrected chi connectivity index (χ1v) is 10.9. The van der Waals surface area contributed by atoms with E-state index in [0.717, 1.165) is 62.4 Å². The van der Waals surface area contributed by atoms with Crippen LogP contribution < -0.4 is 10.6 Å². The Bertz CT molecular complexity index is 608. The van der Waals surface area contributed by atoms with Gasteiger partial charge < -0.3 is 15.5 Å². The van der Waals surface area contributed by atoms with Crippen LogP contribution >= 0.6 is 24.0 Å². The number of hydrogen-bond acceptors (Lipinski definition) is 4. The Balaban J connectivity index is 0.00000280. The third-order valence-corrected chi connectivity index (χ3v) is 5.86. The second kappa shape index (κ2) is 11.9. The fraction of sp³-hybridized carbons (Fsp3) is 0.850. The lowest BCUT2D eigenvalue weighted by molar-refractivity contribution is 0.188. The van der Waals surface area contributed by atoms with Gasteiger partial charge in [-0.05, 0) is 58.2 Å². The summed E-state index contributed by atoms with van der Waals surface area (Å²) in [6.45, 7) is 12.9. The number of halogens is 1. The van der Waals surface area contributed by atoms with Crippen molar-refractivity contribution in [1.82, 2.24) is 30.3 Å². The van der Waals surface area contributed by atoms with E-state index in [9.17, 15) is 0 Å². The molecule has 160 valence electrons. The van der Waals surface area contributed by atoms with Gasteiger partial charge in [-0.3, -0.25) is 4.99 Å². The summed E-state index contributed by atoms with van der Waals surface area (Å²) >= 11 is 0. The van der Waals surface area contributed by atoms with Gasteiger partial charge in [-0.15, -0.1) is 24.0 Å². The minimum atomic E-state index is 0. The molecular formula is C20H38IN7. The Morgan fingerprint density at radius 3 is 2.64 bits per heavy atom. The first-order valence-electron chi connectivity index (χ1n) is 10.9. The predicted molar refractivity (Wildman–Crippen MR) is 125 cm³/mol. The number of aliphatic imine (C=N–C) groups is 1. The number of hydrogen-bond donors (Lipinski definition) is 2. The summed E-state index contributed by atoms with van der Waals surface area (Å²) in [6, 6.07) is 0.370. The highest BCUT2D eigenvalue weighted by Crippen LogP contribution is 2.20. The van der Waals surface area contributed by atoms with Crippen LogP contribution in [0.4, 0.5) is 0 Å². The van der Waals surface area contributed by atoms with Crippen LogP contribution in [0.5, 0.6) is 0 Å². The largest absolute Gasteiger partial charge is 0.357 e. The van der Waals surface area contributed by atoms with Gasteiger partial charge in [0, 0.05) is 32.0 Å². The van der Waals surface area contributed by atoms with Crippen molar-refractivity contribution in [2.45, 2.75) is 71.9 Å². The summed E-state index contributed by atoms with van der Waals surface area (Å²) in [5.74, 6) is 3.87. The summed E-state index contributed by atoms with van der Waals surface area (Å²) in [5, 5.41) is 11.6. The molecular weight excluding hydrogens is 465 g/mol. The van der Waals surface area contributed by atoms with Crippen molar-refractivity contribution >= 4 is 29.9 Å². The molecule has 0 saturated carbocycles. The van der Waals surface area contributed by atoms with Gasteiger partial charge in [0.2, 0.25) is 0 Å². The first-order chi connectivity index (χ1) is 13.2. The fourth-order valence-electron chi connectivity index (χ4n) is 4.09. The second-order valence-electron chi connectivity index (χ2n) is 7.79. The van der Waals surface area contributed by atoms with E-state index < -0.39 is 0 Å². The number of fused-ring (bicyclic) bond motifs is 1. The van der Waals surface area contributed by atoms with Crippen molar-refractivity contribution in [3.8, 4) is 0 Å². The first kappa shape index (κ1) is 23.4. The lowest BCUT2D eigenvalue weighted by Crippen LogP contribution is -2.47. The van der Waals surface area contributed by atoms with Crippen LogP contribution in [-0.2, 0) is 19.4 Å². The average Bonchev–Trinajstić information content (AvgIpc) is 3.11. The van der Waals surface area contributed by atoms with E-state index in [0.29, 0.717) is 6.04 Å². The topological polar surface area (TPSA) is 70.4 Å². The van der Waals surface area contributed by atoms with Gasteiger partial charge in [0.05, 0.1) is 6.54 Å². The van der Waals surface area contributed by atoms with E-state index in [1.807, 2.05) is 0 Å². The summed E-state index contributed by atoms with van der Waals surface area (Å²) in [5.41, 5.74) is 0. The molecule has 3 heterocycles. The highest BCUT2D eigenvalue weighted by atomic mass is 127. The van der Waals surface area contributed by atoms with Gasteiger partial charge in [-0.2, -0.15) is 5.10 Å². The second-order valence-corrected chi connectivity index (χ2v) is 7.79. The van der Waals surface area contributed by atoms with Crippen LogP contribution in [0.25, 0.3) is 0 Å². The molecule has 0 bridgehead atoms. The maximum Gasteiger partial charge on any atom is 0.191 e. The predicted octanol–water partition coefficient (Wildman–Crippen LogP) is 2.45. The van der Waals surface area contributed by atoms with Gasteiger partial charge >= 0.3 is 0 Å². The maximum atomic E-state index is 4.85. The van der Waals surface area contributed by atoms with E-state index >= 15 is 0 Å². The Kier molecular flexibility index (Phi) is 9.98. The van der Waals surface area contributed by atoms with Crippen LogP contribution in [0.2, 0.25) is 0 Å². The molecule has 0 radical (unpaired) electrons. The number of aryl methyl sites for hydroxylation is 2. The molecule has 0 spiro atoms. The Labute approximate surface area is 187 Å². The van der Waals surface area contributed by atoms with E-state index in [1.165, 1.54) is 38.9 Å². The fourth-order valence-corrected chi connectivity index (χ4v) is 4.09. The third-order valence-electron chi connectivity index (χ3n) is 5.86. The zero-order valence-corrected chi connectivity index (χ0v) is 20.1. The van der Waals surface area contributed by atoms with E-state index in [2.05, 4.69) is 51.1 Å². The molecule has 2 N–H and O–H groups in total. The van der Waals surface area contributed by atoms with Crippen LogP contribution in [0, 0.1) is 5.92 Å². The summed E-state index contributed by atoms with van der Waals surface area (Å²) in [4.78, 5) is 12.0. The molecule has 0 aromatic carbocycles. The Hall–Kier alpha value is -0.900. The average molecular weight is 503 g/mol. The lowest BCUT2D eigenvalue weighted by Gasteiger charge is -2.30. The molecule has 1 aromatic heterocycles. The quantitative estimate of drug-likeness (QED) is 0.340. The summed E-state index contributed by atoms with van der Waals surface area (Å²) in [6.07, 6.45) is 6.82. The molecule has 1 atom stereocenters. The molecule has 7 nitrogen and oxygen atoms in total. The number of likely N-dealkylation sites (tertiary alicyclic amines) is 1. The molecule has 1 unspecified atom stereocenters. The van der Waals surface area contributed by atoms with Crippen molar-refractivity contribution in [1.29, 1.82) is 0 Å². The number of nitrogens with zero attached hydrogens (tertiary/aromatic N) is 5. The monoisotopic (exact) mass is 503 g/mol. The van der Waals surface area contributed by atoms with Crippen molar-refractivity contribution in [2.24, 2.45) is 10.9 Å². The maximum absolute atomic E-state index is 4.85. The highest BCUT2D eigenvalue weighted by Gasteiger charge is 2.22. The van der Waals surface area contributed by atoms with Crippen molar-refractivity contribution in [2.75, 3.05) is 32.7 Å². The minimum Gasteiger partial charge on any atom is -0.357 e. The summed E-state index contributed by atoms with van der Waals surface area (Å²) < 4.78 is 2.07. The molecule has 28 heavy (non-hydrogen) atoms. The molecule has 1 aromatic rings. The van der Waals surface area contributed by atoms with Crippen LogP contribution in [0.1, 0.15) is 58.1 Å². The zero-order valence-electron chi connectivity index (χ0n) is 17.8. The third kappa shape index (κ3) is 6.57. The smallest absolute Gasteiger partial charge is 0.191 e.